The molecule has 0 radical (unpaired) electrons. The summed E-state index contributed by atoms with van der Waals surface area (Å²) >= 11 is 0. The molecule has 0 saturated carbocycles. The van der Waals surface area contributed by atoms with Gasteiger partial charge in [-0.05, 0) is 25.0 Å². The van der Waals surface area contributed by atoms with Gasteiger partial charge in [-0.2, -0.15) is 0 Å². The van der Waals surface area contributed by atoms with E-state index in [0.29, 0.717) is 5.95 Å². The van der Waals surface area contributed by atoms with Crippen LogP contribution in [0, 0.1) is 17.5 Å². The van der Waals surface area contributed by atoms with Gasteiger partial charge in [-0.15, -0.1) is 0 Å². The molecule has 2 heterocycles. The number of aromatic nitrogens is 2. The van der Waals surface area contributed by atoms with E-state index in [1.807, 2.05) is 0 Å². The van der Waals surface area contributed by atoms with Crippen LogP contribution in [0.2, 0.25) is 0 Å². The predicted molar refractivity (Wildman–Crippen MR) is 87.0 cm³/mol. The maximum atomic E-state index is 13.6. The second kappa shape index (κ2) is 7.50. The molecule has 0 spiro atoms. The average molecular weight is 350 g/mol. The molecule has 0 atom stereocenters. The summed E-state index contributed by atoms with van der Waals surface area (Å²) in [5.74, 6) is -4.56. The summed E-state index contributed by atoms with van der Waals surface area (Å²) in [5, 5.41) is 2.19. The molecule has 25 heavy (non-hydrogen) atoms. The maximum absolute atomic E-state index is 13.6. The Labute approximate surface area is 142 Å². The fourth-order valence-corrected chi connectivity index (χ4v) is 2.69. The molecule has 1 fully saturated rings. The highest BCUT2D eigenvalue weighted by Gasteiger charge is 2.17. The smallest absolute Gasteiger partial charge is 0.258 e. The Bertz CT molecular complexity index is 759. The Balaban J connectivity index is 1.71. The average Bonchev–Trinajstić information content (AvgIpc) is 2.92. The molecule has 1 aromatic carbocycles. The minimum Gasteiger partial charge on any atom is -0.341 e. The normalized spacial score (nSPS) is 14.9. The largest absolute Gasteiger partial charge is 0.341 e. The van der Waals surface area contributed by atoms with Crippen LogP contribution in [0.1, 0.15) is 36.0 Å². The van der Waals surface area contributed by atoms with Gasteiger partial charge in [0, 0.05) is 25.5 Å². The van der Waals surface area contributed by atoms with Crippen LogP contribution < -0.4 is 10.2 Å². The van der Waals surface area contributed by atoms with Crippen LogP contribution in [0.4, 0.5) is 24.8 Å². The van der Waals surface area contributed by atoms with Crippen LogP contribution in [0.5, 0.6) is 0 Å². The number of halogens is 3. The van der Waals surface area contributed by atoms with Gasteiger partial charge in [-0.1, -0.05) is 12.8 Å². The van der Waals surface area contributed by atoms with Gasteiger partial charge < -0.3 is 10.2 Å². The first-order chi connectivity index (χ1) is 12.1. The number of hydrogen-bond donors (Lipinski definition) is 1. The summed E-state index contributed by atoms with van der Waals surface area (Å²) in [6.07, 6.45) is 7.16. The van der Waals surface area contributed by atoms with Crippen LogP contribution in [0.15, 0.2) is 24.5 Å². The number of rotatable bonds is 3. The number of amides is 1. The SMILES string of the molecule is O=C(Nc1ccc(F)c(F)c1F)c1cnc(N2CCCCCC2)nc1. The summed E-state index contributed by atoms with van der Waals surface area (Å²) in [6, 6.07) is 1.70. The van der Waals surface area contributed by atoms with Crippen molar-refractivity contribution < 1.29 is 18.0 Å². The van der Waals surface area contributed by atoms with Crippen molar-refractivity contribution in [3.05, 3.63) is 47.5 Å². The fourth-order valence-electron chi connectivity index (χ4n) is 2.69. The Morgan fingerprint density at radius 2 is 1.60 bits per heavy atom. The first-order valence-electron chi connectivity index (χ1n) is 8.08. The van der Waals surface area contributed by atoms with E-state index in [2.05, 4.69) is 20.2 Å². The summed E-state index contributed by atoms with van der Waals surface area (Å²) in [4.78, 5) is 22.6. The van der Waals surface area contributed by atoms with Gasteiger partial charge in [0.2, 0.25) is 5.95 Å². The highest BCUT2D eigenvalue weighted by molar-refractivity contribution is 6.03. The molecular formula is C17H17F3N4O. The zero-order valence-electron chi connectivity index (χ0n) is 13.4. The monoisotopic (exact) mass is 350 g/mol. The number of carbonyl (C=O) groups excluding carboxylic acids is 1. The maximum Gasteiger partial charge on any atom is 0.258 e. The first kappa shape index (κ1) is 17.2. The molecule has 132 valence electrons. The topological polar surface area (TPSA) is 58.1 Å². The standard InChI is InChI=1S/C17H17F3N4O/c18-12-5-6-13(15(20)14(12)19)23-16(25)11-9-21-17(22-10-11)24-7-3-1-2-4-8-24/h5-6,9-10H,1-4,7-8H2,(H,23,25). The van der Waals surface area contributed by atoms with Crippen LogP contribution >= 0.6 is 0 Å². The lowest BCUT2D eigenvalue weighted by molar-refractivity contribution is 0.102. The van der Waals surface area contributed by atoms with Crippen molar-refractivity contribution in [2.24, 2.45) is 0 Å². The van der Waals surface area contributed by atoms with Crippen molar-refractivity contribution in [1.29, 1.82) is 0 Å². The van der Waals surface area contributed by atoms with Crippen molar-refractivity contribution in [3.8, 4) is 0 Å². The van der Waals surface area contributed by atoms with E-state index in [9.17, 15) is 18.0 Å². The first-order valence-corrected chi connectivity index (χ1v) is 8.08. The number of carbonyl (C=O) groups is 1. The van der Waals surface area contributed by atoms with Gasteiger partial charge in [0.05, 0.1) is 11.3 Å². The molecule has 0 unspecified atom stereocenters. The summed E-state index contributed by atoms with van der Waals surface area (Å²) in [7, 11) is 0. The molecule has 0 aliphatic carbocycles. The molecule has 5 nitrogen and oxygen atoms in total. The molecule has 1 aromatic heterocycles. The molecule has 0 bridgehead atoms. The summed E-state index contributed by atoms with van der Waals surface area (Å²) in [6.45, 7) is 1.73. The van der Waals surface area contributed by atoms with Crippen LogP contribution in [-0.4, -0.2) is 29.0 Å². The number of nitrogens with zero attached hydrogens (tertiary/aromatic N) is 3. The lowest BCUT2D eigenvalue weighted by Gasteiger charge is -2.19. The van der Waals surface area contributed by atoms with Crippen molar-refractivity contribution in [3.63, 3.8) is 0 Å². The van der Waals surface area contributed by atoms with Crippen molar-refractivity contribution in [2.75, 3.05) is 23.3 Å². The third-order valence-electron chi connectivity index (χ3n) is 4.07. The summed E-state index contributed by atoms with van der Waals surface area (Å²) < 4.78 is 39.7. The Morgan fingerprint density at radius 1 is 0.960 bits per heavy atom. The third-order valence-corrected chi connectivity index (χ3v) is 4.07. The van der Waals surface area contributed by atoms with Crippen molar-refractivity contribution in [1.82, 2.24) is 9.97 Å². The number of benzene rings is 1. The molecular weight excluding hydrogens is 333 g/mol. The minimum atomic E-state index is -1.63. The molecule has 1 aliphatic heterocycles. The molecule has 3 rings (SSSR count). The Morgan fingerprint density at radius 3 is 2.24 bits per heavy atom. The Kier molecular flexibility index (Phi) is 5.16. The van der Waals surface area contributed by atoms with Crippen LogP contribution in [0.25, 0.3) is 0 Å². The summed E-state index contributed by atoms with van der Waals surface area (Å²) in [5.41, 5.74) is -0.344. The highest BCUT2D eigenvalue weighted by Crippen LogP contribution is 2.20. The number of nitrogens with one attached hydrogen (secondary N) is 1. The van der Waals surface area contributed by atoms with Crippen LogP contribution in [-0.2, 0) is 0 Å². The van der Waals surface area contributed by atoms with Gasteiger partial charge in [0.1, 0.15) is 0 Å². The van der Waals surface area contributed by atoms with Crippen molar-refractivity contribution in [2.45, 2.75) is 25.7 Å². The third kappa shape index (κ3) is 3.89. The van der Waals surface area contributed by atoms with E-state index in [-0.39, 0.29) is 5.56 Å². The highest BCUT2D eigenvalue weighted by atomic mass is 19.2. The predicted octanol–water partition coefficient (Wildman–Crippen LogP) is 3.53. The van der Waals surface area contributed by atoms with E-state index >= 15 is 0 Å². The van der Waals surface area contributed by atoms with Gasteiger partial charge in [0.15, 0.2) is 17.5 Å². The van der Waals surface area contributed by atoms with Gasteiger partial charge in [-0.3, -0.25) is 4.79 Å². The van der Waals surface area contributed by atoms with Crippen molar-refractivity contribution >= 4 is 17.5 Å². The Hall–Kier alpha value is -2.64. The lowest BCUT2D eigenvalue weighted by Crippen LogP contribution is -2.26. The minimum absolute atomic E-state index is 0.0997. The van der Waals surface area contributed by atoms with E-state index in [4.69, 9.17) is 0 Å². The molecule has 1 aliphatic rings. The molecule has 1 N–H and O–H groups in total. The van der Waals surface area contributed by atoms with E-state index in [1.54, 1.807) is 0 Å². The number of anilines is 2. The van der Waals surface area contributed by atoms with Gasteiger partial charge in [0.25, 0.3) is 5.91 Å². The molecule has 1 amide bonds. The quantitative estimate of drug-likeness (QED) is 0.861. The second-order valence-corrected chi connectivity index (χ2v) is 5.85. The molecule has 1 saturated heterocycles. The zero-order valence-corrected chi connectivity index (χ0v) is 13.4. The van der Waals surface area contributed by atoms with E-state index in [0.717, 1.165) is 38.1 Å². The molecule has 8 heteroatoms. The lowest BCUT2D eigenvalue weighted by atomic mass is 10.2. The fraction of sp³-hybridized carbons (Fsp3) is 0.353. The zero-order chi connectivity index (χ0) is 17.8. The van der Waals surface area contributed by atoms with Gasteiger partial charge >= 0.3 is 0 Å². The van der Waals surface area contributed by atoms with Gasteiger partial charge in [-0.25, -0.2) is 23.1 Å². The van der Waals surface area contributed by atoms with E-state index in [1.165, 1.54) is 25.2 Å². The van der Waals surface area contributed by atoms with E-state index < -0.39 is 29.0 Å². The van der Waals surface area contributed by atoms with Crippen LogP contribution in [0.3, 0.4) is 0 Å². The second-order valence-electron chi connectivity index (χ2n) is 5.85. The molecule has 2 aromatic rings. The number of hydrogen-bond acceptors (Lipinski definition) is 4.